The van der Waals surface area contributed by atoms with Crippen LogP contribution in [0.1, 0.15) is 46.0 Å². The Morgan fingerprint density at radius 2 is 1.96 bits per heavy atom. The number of ether oxygens (including phenoxy) is 1. The van der Waals surface area contributed by atoms with Crippen LogP contribution in [0.4, 0.5) is 5.69 Å². The van der Waals surface area contributed by atoms with Crippen molar-refractivity contribution in [3.63, 3.8) is 0 Å². The van der Waals surface area contributed by atoms with Crippen molar-refractivity contribution >= 4 is 15.7 Å². The zero-order valence-electron chi connectivity index (χ0n) is 14.9. The van der Waals surface area contributed by atoms with Crippen LogP contribution in [0.5, 0.6) is 0 Å². The molecule has 0 saturated heterocycles. The molecule has 142 valence electrons. The number of rotatable bonds is 13. The molecule has 1 atom stereocenters. The molecule has 0 saturated carbocycles. The average Bonchev–Trinajstić information content (AvgIpc) is 2.60. The third kappa shape index (κ3) is 7.50. The first kappa shape index (κ1) is 21.5. The van der Waals surface area contributed by atoms with E-state index < -0.39 is 20.6 Å². The van der Waals surface area contributed by atoms with Gasteiger partial charge in [-0.15, -0.1) is 0 Å². The fraction of sp³-hybridized carbons (Fsp3) is 0.647. The van der Waals surface area contributed by atoms with Gasteiger partial charge in [-0.3, -0.25) is 10.1 Å². The fourth-order valence-electron chi connectivity index (χ4n) is 2.44. The van der Waals surface area contributed by atoms with E-state index in [-0.39, 0.29) is 11.4 Å². The molecule has 8 heteroatoms. The summed E-state index contributed by atoms with van der Waals surface area (Å²) in [5.74, 6) is 0.545. The highest BCUT2D eigenvalue weighted by Gasteiger charge is 2.24. The van der Waals surface area contributed by atoms with E-state index in [9.17, 15) is 18.5 Å². The molecule has 0 heterocycles. The van der Waals surface area contributed by atoms with Gasteiger partial charge in [0, 0.05) is 25.8 Å². The van der Waals surface area contributed by atoms with Gasteiger partial charge in [-0.1, -0.05) is 45.2 Å². The van der Waals surface area contributed by atoms with Gasteiger partial charge < -0.3 is 4.74 Å². The summed E-state index contributed by atoms with van der Waals surface area (Å²) in [6, 6.07) is 5.31. The summed E-state index contributed by atoms with van der Waals surface area (Å²) in [5.41, 5.74) is -0.423. The molecule has 1 N–H and O–H groups in total. The first-order valence-electron chi connectivity index (χ1n) is 8.73. The van der Waals surface area contributed by atoms with Crippen molar-refractivity contribution in [2.24, 2.45) is 5.92 Å². The first-order valence-corrected chi connectivity index (χ1v) is 10.2. The smallest absolute Gasteiger partial charge is 0.289 e. The molecule has 0 radical (unpaired) electrons. The molecule has 1 rings (SSSR count). The van der Waals surface area contributed by atoms with E-state index in [1.54, 1.807) is 0 Å². The number of unbranched alkanes of at least 4 members (excludes halogenated alkanes) is 1. The largest absolute Gasteiger partial charge is 0.381 e. The van der Waals surface area contributed by atoms with Gasteiger partial charge in [0.25, 0.3) is 5.69 Å². The average molecular weight is 372 g/mol. The Morgan fingerprint density at radius 3 is 2.60 bits per heavy atom. The second-order valence-corrected chi connectivity index (χ2v) is 7.70. The third-order valence-corrected chi connectivity index (χ3v) is 5.51. The molecular weight excluding hydrogens is 344 g/mol. The highest BCUT2D eigenvalue weighted by Crippen LogP contribution is 2.22. The summed E-state index contributed by atoms with van der Waals surface area (Å²) in [6.07, 6.45) is 5.10. The van der Waals surface area contributed by atoms with E-state index in [1.165, 1.54) is 37.1 Å². The Balaban J connectivity index is 2.40. The highest BCUT2D eigenvalue weighted by molar-refractivity contribution is 7.89. The number of para-hydroxylation sites is 1. The first-order chi connectivity index (χ1) is 11.9. The molecule has 7 nitrogen and oxygen atoms in total. The number of benzene rings is 1. The van der Waals surface area contributed by atoms with Crippen LogP contribution in [0.15, 0.2) is 29.2 Å². The third-order valence-electron chi connectivity index (χ3n) is 4.01. The Kier molecular flexibility index (Phi) is 9.62. The van der Waals surface area contributed by atoms with Crippen LogP contribution in [-0.4, -0.2) is 33.1 Å². The molecule has 25 heavy (non-hydrogen) atoms. The summed E-state index contributed by atoms with van der Waals surface area (Å²) in [7, 11) is -3.90. The molecule has 0 aromatic heterocycles. The molecule has 0 aliphatic heterocycles. The Hall–Kier alpha value is -1.51. The monoisotopic (exact) mass is 372 g/mol. The van der Waals surface area contributed by atoms with E-state index in [2.05, 4.69) is 18.6 Å². The lowest BCUT2D eigenvalue weighted by Gasteiger charge is -2.14. The summed E-state index contributed by atoms with van der Waals surface area (Å²) in [6.45, 7) is 5.64. The van der Waals surface area contributed by atoms with Crippen LogP contribution in [0, 0.1) is 16.0 Å². The molecular formula is C17H28N2O5S. The second-order valence-electron chi connectivity index (χ2n) is 5.97. The number of nitrogens with zero attached hydrogens (tertiary/aromatic N) is 1. The van der Waals surface area contributed by atoms with Gasteiger partial charge >= 0.3 is 0 Å². The number of nitro groups is 1. The summed E-state index contributed by atoms with van der Waals surface area (Å²) >= 11 is 0. The summed E-state index contributed by atoms with van der Waals surface area (Å²) in [5, 5.41) is 10.9. The van der Waals surface area contributed by atoms with Gasteiger partial charge in [0.2, 0.25) is 10.0 Å². The predicted molar refractivity (Wildman–Crippen MR) is 97.0 cm³/mol. The highest BCUT2D eigenvalue weighted by atomic mass is 32.2. The van der Waals surface area contributed by atoms with Crippen molar-refractivity contribution in [1.29, 1.82) is 0 Å². The van der Waals surface area contributed by atoms with Crippen molar-refractivity contribution in [2.45, 2.75) is 50.8 Å². The van der Waals surface area contributed by atoms with Crippen LogP contribution in [0.2, 0.25) is 0 Å². The molecule has 0 bridgehead atoms. The van der Waals surface area contributed by atoms with E-state index in [0.717, 1.165) is 12.8 Å². The Labute approximate surface area is 150 Å². The van der Waals surface area contributed by atoms with Crippen molar-refractivity contribution in [3.8, 4) is 0 Å². The number of sulfonamides is 1. The SMILES string of the molecule is CCCCC(CC)COCCCNS(=O)(=O)c1ccccc1[N+](=O)[O-]. The Bertz CT molecular complexity index is 634. The molecule has 0 amide bonds. The molecule has 1 aromatic rings. The number of hydrogen-bond donors (Lipinski definition) is 1. The fourth-order valence-corrected chi connectivity index (χ4v) is 3.69. The number of nitro benzene ring substituents is 1. The maximum atomic E-state index is 12.2. The Morgan fingerprint density at radius 1 is 1.24 bits per heavy atom. The van der Waals surface area contributed by atoms with Crippen molar-refractivity contribution in [1.82, 2.24) is 4.72 Å². The lowest BCUT2D eigenvalue weighted by atomic mass is 10.0. The summed E-state index contributed by atoms with van der Waals surface area (Å²) in [4.78, 5) is 9.94. The standard InChI is InChI=1S/C17H28N2O5S/c1-3-5-9-15(4-2)14-24-13-8-12-18-25(22,23)17-11-7-6-10-16(17)19(20)21/h6-7,10-11,15,18H,3-5,8-9,12-14H2,1-2H3. The number of hydrogen-bond acceptors (Lipinski definition) is 5. The number of nitrogens with one attached hydrogen (secondary N) is 1. The van der Waals surface area contributed by atoms with Crippen LogP contribution < -0.4 is 4.72 Å². The van der Waals surface area contributed by atoms with Gasteiger partial charge in [0.05, 0.1) is 4.92 Å². The van der Waals surface area contributed by atoms with E-state index >= 15 is 0 Å². The van der Waals surface area contributed by atoms with E-state index in [0.29, 0.717) is 25.6 Å². The minimum absolute atomic E-state index is 0.181. The van der Waals surface area contributed by atoms with E-state index in [1.807, 2.05) is 0 Å². The molecule has 0 aliphatic rings. The maximum Gasteiger partial charge on any atom is 0.289 e. The molecule has 0 aliphatic carbocycles. The van der Waals surface area contributed by atoms with Crippen LogP contribution in [0.25, 0.3) is 0 Å². The lowest BCUT2D eigenvalue weighted by molar-refractivity contribution is -0.387. The van der Waals surface area contributed by atoms with Gasteiger partial charge in [-0.25, -0.2) is 13.1 Å². The maximum absolute atomic E-state index is 12.2. The van der Waals surface area contributed by atoms with Gasteiger partial charge in [0.1, 0.15) is 0 Å². The minimum Gasteiger partial charge on any atom is -0.381 e. The zero-order valence-corrected chi connectivity index (χ0v) is 15.8. The quantitative estimate of drug-likeness (QED) is 0.325. The lowest BCUT2D eigenvalue weighted by Crippen LogP contribution is -2.26. The topological polar surface area (TPSA) is 98.5 Å². The molecule has 0 spiro atoms. The molecule has 1 aromatic carbocycles. The zero-order chi connectivity index (χ0) is 18.7. The normalized spacial score (nSPS) is 12.9. The van der Waals surface area contributed by atoms with Crippen molar-refractivity contribution < 1.29 is 18.1 Å². The predicted octanol–water partition coefficient (Wildman–Crippen LogP) is 3.50. The van der Waals surface area contributed by atoms with Crippen LogP contribution in [0.3, 0.4) is 0 Å². The van der Waals surface area contributed by atoms with Crippen LogP contribution in [-0.2, 0) is 14.8 Å². The summed E-state index contributed by atoms with van der Waals surface area (Å²) < 4.78 is 32.4. The van der Waals surface area contributed by atoms with Crippen LogP contribution >= 0.6 is 0 Å². The molecule has 0 fully saturated rings. The van der Waals surface area contributed by atoms with Gasteiger partial charge in [0.15, 0.2) is 4.90 Å². The van der Waals surface area contributed by atoms with E-state index in [4.69, 9.17) is 4.74 Å². The van der Waals surface area contributed by atoms with Gasteiger partial charge in [-0.2, -0.15) is 0 Å². The minimum atomic E-state index is -3.90. The van der Waals surface area contributed by atoms with Crippen molar-refractivity contribution in [3.05, 3.63) is 34.4 Å². The molecule has 1 unspecified atom stereocenters. The van der Waals surface area contributed by atoms with Gasteiger partial charge in [-0.05, 0) is 24.8 Å². The second kappa shape index (κ2) is 11.2. The van der Waals surface area contributed by atoms with Crippen molar-refractivity contribution in [2.75, 3.05) is 19.8 Å².